The van der Waals surface area contributed by atoms with Crippen molar-refractivity contribution in [3.05, 3.63) is 15.9 Å². The van der Waals surface area contributed by atoms with Gasteiger partial charge in [0, 0.05) is 13.1 Å². The summed E-state index contributed by atoms with van der Waals surface area (Å²) in [6.07, 6.45) is 8.79. The number of hydrogen-bond acceptors (Lipinski definition) is 3. The predicted molar refractivity (Wildman–Crippen MR) is 99.1 cm³/mol. The highest BCUT2D eigenvalue weighted by atomic mass is 79.9. The Morgan fingerprint density at radius 2 is 1.50 bits per heavy atom. The van der Waals surface area contributed by atoms with Gasteiger partial charge in [-0.25, -0.2) is 8.42 Å². The maximum absolute atomic E-state index is 12.8. The molecule has 1 aromatic heterocycles. The van der Waals surface area contributed by atoms with Crippen LogP contribution in [0.4, 0.5) is 0 Å². The lowest BCUT2D eigenvalue weighted by molar-refractivity contribution is 0.386. The Kier molecular flexibility index (Phi) is 9.87. The molecule has 0 aliphatic carbocycles. The van der Waals surface area contributed by atoms with Crippen molar-refractivity contribution in [2.45, 2.75) is 69.4 Å². The van der Waals surface area contributed by atoms with Crippen molar-refractivity contribution in [1.82, 2.24) is 4.31 Å². The van der Waals surface area contributed by atoms with Crippen molar-refractivity contribution in [3.8, 4) is 0 Å². The number of halogens is 1. The number of thiophene rings is 1. The van der Waals surface area contributed by atoms with Crippen molar-refractivity contribution in [2.75, 3.05) is 13.1 Å². The summed E-state index contributed by atoms with van der Waals surface area (Å²) in [6.45, 7) is 5.62. The van der Waals surface area contributed by atoms with Crippen molar-refractivity contribution in [2.24, 2.45) is 0 Å². The molecule has 0 aliphatic rings. The number of nitrogens with zero attached hydrogens (tertiary/aromatic N) is 1. The van der Waals surface area contributed by atoms with Crippen LogP contribution in [-0.4, -0.2) is 25.8 Å². The van der Waals surface area contributed by atoms with E-state index in [0.717, 1.165) is 29.5 Å². The summed E-state index contributed by atoms with van der Waals surface area (Å²) >= 11 is 4.65. The molecule has 0 unspecified atom stereocenters. The first-order valence-electron chi connectivity index (χ1n) is 8.27. The first-order chi connectivity index (χ1) is 10.5. The molecule has 0 bridgehead atoms. The van der Waals surface area contributed by atoms with Crippen LogP contribution in [0, 0.1) is 0 Å². The van der Waals surface area contributed by atoms with Gasteiger partial charge in [-0.1, -0.05) is 52.4 Å². The molecule has 0 atom stereocenters. The second-order valence-electron chi connectivity index (χ2n) is 5.58. The number of unbranched alkanes of at least 4 members (excludes halogenated alkanes) is 6. The highest BCUT2D eigenvalue weighted by Gasteiger charge is 2.25. The minimum absolute atomic E-state index is 0.449. The Bertz CT molecular complexity index is 502. The molecule has 128 valence electrons. The third-order valence-electron chi connectivity index (χ3n) is 3.66. The smallest absolute Gasteiger partial charge is 0.206 e. The fraction of sp³-hybridized carbons (Fsp3) is 0.750. The Hall–Kier alpha value is 0.0900. The van der Waals surface area contributed by atoms with Crippen LogP contribution in [0.1, 0.15) is 65.2 Å². The molecule has 22 heavy (non-hydrogen) atoms. The molecule has 0 aliphatic heterocycles. The van der Waals surface area contributed by atoms with E-state index >= 15 is 0 Å². The molecule has 0 aromatic carbocycles. The van der Waals surface area contributed by atoms with Gasteiger partial charge in [-0.2, -0.15) is 4.31 Å². The lowest BCUT2D eigenvalue weighted by Gasteiger charge is -2.21. The summed E-state index contributed by atoms with van der Waals surface area (Å²) in [6, 6.07) is 3.51. The van der Waals surface area contributed by atoms with Gasteiger partial charge >= 0.3 is 0 Å². The largest absolute Gasteiger partial charge is 0.252 e. The number of sulfonamides is 1. The summed E-state index contributed by atoms with van der Waals surface area (Å²) in [4.78, 5) is 0. The average molecular weight is 410 g/mol. The van der Waals surface area contributed by atoms with Gasteiger partial charge in [-0.15, -0.1) is 11.3 Å². The van der Waals surface area contributed by atoms with E-state index in [4.69, 9.17) is 0 Å². The summed E-state index contributed by atoms with van der Waals surface area (Å²) in [5, 5.41) is 0. The summed E-state index contributed by atoms with van der Waals surface area (Å²) < 4.78 is 28.6. The Labute approximate surface area is 148 Å². The zero-order valence-electron chi connectivity index (χ0n) is 13.7. The quantitative estimate of drug-likeness (QED) is 0.417. The summed E-state index contributed by atoms with van der Waals surface area (Å²) in [5.41, 5.74) is 0. The second kappa shape index (κ2) is 10.8. The molecular formula is C16H28BrNO2S2. The van der Waals surface area contributed by atoms with E-state index in [0.29, 0.717) is 17.3 Å². The van der Waals surface area contributed by atoms with Crippen molar-refractivity contribution in [3.63, 3.8) is 0 Å². The molecule has 0 radical (unpaired) electrons. The van der Waals surface area contributed by atoms with E-state index in [1.165, 1.54) is 37.0 Å². The minimum atomic E-state index is -3.33. The Morgan fingerprint density at radius 3 is 1.91 bits per heavy atom. The van der Waals surface area contributed by atoms with Crippen LogP contribution in [0.5, 0.6) is 0 Å². The summed E-state index contributed by atoms with van der Waals surface area (Å²) in [5.74, 6) is 0. The fourth-order valence-electron chi connectivity index (χ4n) is 2.35. The molecule has 0 fully saturated rings. The molecule has 6 heteroatoms. The maximum atomic E-state index is 12.8. The molecule has 0 spiro atoms. The zero-order chi connectivity index (χ0) is 16.4. The van der Waals surface area contributed by atoms with Crippen LogP contribution < -0.4 is 0 Å². The third kappa shape index (κ3) is 6.69. The monoisotopic (exact) mass is 409 g/mol. The Balaban J connectivity index is 2.69. The van der Waals surface area contributed by atoms with Crippen molar-refractivity contribution < 1.29 is 8.42 Å². The molecule has 0 saturated heterocycles. The average Bonchev–Trinajstić information content (AvgIpc) is 2.93. The minimum Gasteiger partial charge on any atom is -0.206 e. The van der Waals surface area contributed by atoms with Crippen molar-refractivity contribution >= 4 is 37.3 Å². The van der Waals surface area contributed by atoms with E-state index in [2.05, 4.69) is 29.8 Å². The Morgan fingerprint density at radius 1 is 0.955 bits per heavy atom. The van der Waals surface area contributed by atoms with Crippen LogP contribution in [0.2, 0.25) is 0 Å². The van der Waals surface area contributed by atoms with E-state index in [9.17, 15) is 8.42 Å². The highest BCUT2D eigenvalue weighted by molar-refractivity contribution is 9.11. The van der Waals surface area contributed by atoms with Gasteiger partial charge in [-0.05, 0) is 40.9 Å². The van der Waals surface area contributed by atoms with Crippen LogP contribution >= 0.6 is 27.3 Å². The third-order valence-corrected chi connectivity index (χ3v) is 7.65. The van der Waals surface area contributed by atoms with Gasteiger partial charge in [0.25, 0.3) is 10.0 Å². The predicted octanol–water partition coefficient (Wildman–Crippen LogP) is 5.66. The molecule has 1 rings (SSSR count). The maximum Gasteiger partial charge on any atom is 0.252 e. The first kappa shape index (κ1) is 20.1. The van der Waals surface area contributed by atoms with E-state index in [1.54, 1.807) is 10.4 Å². The van der Waals surface area contributed by atoms with Crippen LogP contribution in [0.3, 0.4) is 0 Å². The van der Waals surface area contributed by atoms with E-state index in [-0.39, 0.29) is 0 Å². The molecule has 1 aromatic rings. The second-order valence-corrected chi connectivity index (χ2v) is 10.2. The normalized spacial score (nSPS) is 12.2. The van der Waals surface area contributed by atoms with Gasteiger partial charge in [0.2, 0.25) is 0 Å². The lowest BCUT2D eigenvalue weighted by atomic mass is 10.2. The molecular weight excluding hydrogens is 382 g/mol. The van der Waals surface area contributed by atoms with Crippen LogP contribution in [0.25, 0.3) is 0 Å². The standard InChI is InChI=1S/C16H28BrNO2S2/c1-3-5-7-9-13-18(14-10-8-6-4-2)22(19,20)16-12-11-15(17)21-16/h11-12H,3-10,13-14H2,1-2H3. The van der Waals surface area contributed by atoms with Crippen LogP contribution in [0.15, 0.2) is 20.1 Å². The fourth-order valence-corrected chi connectivity index (χ4v) is 6.03. The molecule has 0 saturated carbocycles. The first-order valence-corrected chi connectivity index (χ1v) is 11.3. The topological polar surface area (TPSA) is 37.4 Å². The molecule has 0 N–H and O–H groups in total. The highest BCUT2D eigenvalue weighted by Crippen LogP contribution is 2.29. The molecule has 3 nitrogen and oxygen atoms in total. The molecule has 1 heterocycles. The SMILES string of the molecule is CCCCCCN(CCCCCC)S(=O)(=O)c1ccc(Br)s1. The van der Waals surface area contributed by atoms with Gasteiger partial charge < -0.3 is 0 Å². The van der Waals surface area contributed by atoms with Gasteiger partial charge in [0.15, 0.2) is 0 Å². The van der Waals surface area contributed by atoms with Crippen LogP contribution in [-0.2, 0) is 10.0 Å². The number of hydrogen-bond donors (Lipinski definition) is 0. The van der Waals surface area contributed by atoms with Gasteiger partial charge in [-0.3, -0.25) is 0 Å². The van der Waals surface area contributed by atoms with Gasteiger partial charge in [0.1, 0.15) is 4.21 Å². The lowest BCUT2D eigenvalue weighted by Crippen LogP contribution is -2.32. The van der Waals surface area contributed by atoms with Crippen molar-refractivity contribution in [1.29, 1.82) is 0 Å². The van der Waals surface area contributed by atoms with Gasteiger partial charge in [0.05, 0.1) is 3.79 Å². The molecule has 0 amide bonds. The summed E-state index contributed by atoms with van der Waals surface area (Å²) in [7, 11) is -3.33. The number of rotatable bonds is 12. The zero-order valence-corrected chi connectivity index (χ0v) is 16.9. The van der Waals surface area contributed by atoms with E-state index < -0.39 is 10.0 Å². The van der Waals surface area contributed by atoms with E-state index in [1.807, 2.05) is 6.07 Å².